The van der Waals surface area contributed by atoms with Gasteiger partial charge in [-0.1, -0.05) is 0 Å². The maximum absolute atomic E-state index is 10.6. The van der Waals surface area contributed by atoms with E-state index in [1.165, 1.54) is 6.92 Å². The van der Waals surface area contributed by atoms with Crippen molar-refractivity contribution in [3.63, 3.8) is 0 Å². The summed E-state index contributed by atoms with van der Waals surface area (Å²) in [6.45, 7) is 3.28. The van der Waals surface area contributed by atoms with Crippen LogP contribution in [0.25, 0.3) is 0 Å². The normalized spacial score (nSPS) is 13.5. The van der Waals surface area contributed by atoms with Gasteiger partial charge in [0, 0.05) is 19.9 Å². The lowest BCUT2D eigenvalue weighted by molar-refractivity contribution is -0.419. The summed E-state index contributed by atoms with van der Waals surface area (Å²) in [5, 5.41) is 0. The largest absolute Gasteiger partial charge is 0.396 e. The van der Waals surface area contributed by atoms with Gasteiger partial charge in [-0.2, -0.15) is 0 Å². The van der Waals surface area contributed by atoms with Crippen LogP contribution in [-0.4, -0.2) is 18.5 Å². The average molecular weight is 141 g/mol. The monoisotopic (exact) mass is 141 g/mol. The molecule has 56 valence electrons. The number of nitrogens with one attached hydrogen (secondary N) is 1. The summed E-state index contributed by atoms with van der Waals surface area (Å²) in [5.41, 5.74) is 6.51. The van der Waals surface area contributed by atoms with E-state index >= 15 is 0 Å². The summed E-state index contributed by atoms with van der Waals surface area (Å²) < 4.78 is 0. The molecule has 0 atom stereocenters. The molecule has 0 aromatic carbocycles. The van der Waals surface area contributed by atoms with E-state index in [1.807, 2.05) is 6.92 Å². The number of nitrogens with two attached hydrogens (primary N) is 1. The minimum atomic E-state index is -0.102. The van der Waals surface area contributed by atoms with Crippen molar-refractivity contribution < 1.29 is 9.79 Å². The molecule has 0 bridgehead atoms. The fourth-order valence-electron chi connectivity index (χ4n) is 0.407. The molecule has 0 spiro atoms. The van der Waals surface area contributed by atoms with Crippen LogP contribution in [0.1, 0.15) is 13.8 Å². The second-order valence-electron chi connectivity index (χ2n) is 2.09. The number of ketones is 1. The summed E-state index contributed by atoms with van der Waals surface area (Å²) in [7, 11) is 1.78. The Bertz CT molecular complexity index is 192. The topological polar surface area (TPSA) is 57.1 Å². The number of hydrogen-bond acceptors (Lipinski definition) is 2. The highest BCUT2D eigenvalue weighted by atomic mass is 16.1. The Morgan fingerprint density at radius 2 is 2.00 bits per heavy atom. The second-order valence-corrected chi connectivity index (χ2v) is 2.09. The van der Waals surface area contributed by atoms with Gasteiger partial charge in [0.1, 0.15) is 7.05 Å². The first-order chi connectivity index (χ1) is 4.57. The molecule has 10 heavy (non-hydrogen) atoms. The summed E-state index contributed by atoms with van der Waals surface area (Å²) in [6, 6.07) is 0. The van der Waals surface area contributed by atoms with Gasteiger partial charge in [-0.3, -0.25) is 4.79 Å². The number of hydrogen-bond donors (Lipinski definition) is 2. The number of carbonyl (C=O) groups is 1. The highest BCUT2D eigenvalue weighted by Crippen LogP contribution is 1.83. The highest BCUT2D eigenvalue weighted by molar-refractivity contribution is 6.00. The summed E-state index contributed by atoms with van der Waals surface area (Å²) in [4.78, 5) is 13.4. The van der Waals surface area contributed by atoms with Crippen molar-refractivity contribution in [1.82, 2.24) is 0 Å². The van der Waals surface area contributed by atoms with Crippen molar-refractivity contribution in [1.29, 1.82) is 0 Å². The molecule has 0 aromatic heterocycles. The van der Waals surface area contributed by atoms with Crippen LogP contribution in [0.3, 0.4) is 0 Å². The Kier molecular flexibility index (Phi) is 3.39. The molecular weight excluding hydrogens is 128 g/mol. The molecule has 0 amide bonds. The van der Waals surface area contributed by atoms with Gasteiger partial charge in [0.05, 0.1) is 5.70 Å². The van der Waals surface area contributed by atoms with E-state index < -0.39 is 0 Å². The van der Waals surface area contributed by atoms with Crippen LogP contribution in [0.5, 0.6) is 0 Å². The highest BCUT2D eigenvalue weighted by Gasteiger charge is 1.98. The third-order valence-corrected chi connectivity index (χ3v) is 1.17. The van der Waals surface area contributed by atoms with Crippen molar-refractivity contribution in [2.45, 2.75) is 13.8 Å². The number of rotatable bonds is 2. The summed E-state index contributed by atoms with van der Waals surface area (Å²) >= 11 is 0. The number of Topliss-reactive ketones (excluding diaryl/α,β-unsaturated/α-hetero) is 1. The van der Waals surface area contributed by atoms with Gasteiger partial charge in [-0.15, -0.1) is 0 Å². The third kappa shape index (κ3) is 3.02. The lowest BCUT2D eigenvalue weighted by Gasteiger charge is -1.89. The second kappa shape index (κ2) is 3.82. The molecule has 0 aromatic rings. The van der Waals surface area contributed by atoms with Gasteiger partial charge in [0.2, 0.25) is 0 Å². The Morgan fingerprint density at radius 3 is 2.30 bits per heavy atom. The molecule has 0 aliphatic carbocycles. The van der Waals surface area contributed by atoms with Crippen LogP contribution in [0.2, 0.25) is 0 Å². The molecular formula is C7H13N2O+. The van der Waals surface area contributed by atoms with Gasteiger partial charge >= 0.3 is 0 Å². The average Bonchev–Trinajstić information content (AvgIpc) is 1.87. The first-order valence-electron chi connectivity index (χ1n) is 3.07. The first-order valence-corrected chi connectivity index (χ1v) is 3.07. The fraction of sp³-hybridized carbons (Fsp3) is 0.429. The minimum Gasteiger partial charge on any atom is -0.396 e. The maximum atomic E-state index is 10.6. The standard InChI is InChI=1S/C7H12N2O/c1-5(9-3)4-7(8)6(2)10/h4H,8H2,1-3H3/p+1. The minimum absolute atomic E-state index is 0.102. The summed E-state index contributed by atoms with van der Waals surface area (Å²) in [6.07, 6.45) is 1.61. The van der Waals surface area contributed by atoms with Crippen molar-refractivity contribution in [3.05, 3.63) is 11.8 Å². The molecule has 0 unspecified atom stereocenters. The fourth-order valence-corrected chi connectivity index (χ4v) is 0.407. The Morgan fingerprint density at radius 1 is 1.50 bits per heavy atom. The predicted octanol–water partition coefficient (Wildman–Crippen LogP) is -1.41. The van der Waals surface area contributed by atoms with Crippen LogP contribution in [0, 0.1) is 0 Å². The van der Waals surface area contributed by atoms with Crippen molar-refractivity contribution in [2.24, 2.45) is 5.73 Å². The van der Waals surface area contributed by atoms with E-state index in [0.717, 1.165) is 5.71 Å². The zero-order chi connectivity index (χ0) is 8.15. The van der Waals surface area contributed by atoms with Gasteiger partial charge in [-0.25, -0.2) is 4.99 Å². The molecule has 0 heterocycles. The van der Waals surface area contributed by atoms with Crippen LogP contribution in [-0.2, 0) is 4.79 Å². The van der Waals surface area contributed by atoms with Crippen LogP contribution < -0.4 is 10.7 Å². The number of allylic oxidation sites excluding steroid dienone is 2. The van der Waals surface area contributed by atoms with E-state index in [4.69, 9.17) is 5.73 Å². The number of carbonyl (C=O) groups excluding carboxylic acids is 1. The zero-order valence-corrected chi connectivity index (χ0v) is 6.56. The molecule has 0 saturated heterocycles. The summed E-state index contributed by atoms with van der Waals surface area (Å²) in [5.74, 6) is -0.102. The zero-order valence-electron chi connectivity index (χ0n) is 6.56. The molecule has 3 heteroatoms. The maximum Gasteiger partial charge on any atom is 0.175 e. The lowest BCUT2D eigenvalue weighted by atomic mass is 10.2. The van der Waals surface area contributed by atoms with Crippen LogP contribution >= 0.6 is 0 Å². The quantitative estimate of drug-likeness (QED) is 0.366. The van der Waals surface area contributed by atoms with E-state index in [9.17, 15) is 4.79 Å². The molecule has 0 saturated carbocycles. The smallest absolute Gasteiger partial charge is 0.175 e. The van der Waals surface area contributed by atoms with E-state index in [1.54, 1.807) is 13.1 Å². The van der Waals surface area contributed by atoms with Crippen molar-refractivity contribution >= 4 is 11.5 Å². The molecule has 0 fully saturated rings. The third-order valence-electron chi connectivity index (χ3n) is 1.17. The van der Waals surface area contributed by atoms with Gasteiger partial charge in [0.25, 0.3) is 0 Å². The van der Waals surface area contributed by atoms with E-state index in [2.05, 4.69) is 4.99 Å². The van der Waals surface area contributed by atoms with Gasteiger partial charge in [-0.05, 0) is 0 Å². The molecule has 0 aliphatic rings. The molecule has 3 nitrogen and oxygen atoms in total. The first kappa shape index (κ1) is 8.88. The van der Waals surface area contributed by atoms with Crippen LogP contribution in [0.15, 0.2) is 11.8 Å². The Hall–Kier alpha value is -1.12. The van der Waals surface area contributed by atoms with Crippen LogP contribution in [0.4, 0.5) is 0 Å². The Balaban J connectivity index is 4.31. The molecule has 0 aliphatic heterocycles. The Labute approximate surface area is 60.6 Å². The molecule has 0 radical (unpaired) electrons. The lowest BCUT2D eigenvalue weighted by Crippen LogP contribution is -2.66. The van der Waals surface area contributed by atoms with Crippen molar-refractivity contribution in [3.8, 4) is 0 Å². The molecule has 0 rings (SSSR count). The molecule has 3 N–H and O–H groups in total. The van der Waals surface area contributed by atoms with Gasteiger partial charge in [0.15, 0.2) is 11.5 Å². The van der Waals surface area contributed by atoms with E-state index in [0.29, 0.717) is 0 Å². The SMILES string of the molecule is C[NH+]=C(C)C=C(N)C(C)=O. The predicted molar refractivity (Wildman–Crippen MR) is 40.5 cm³/mol. The van der Waals surface area contributed by atoms with Gasteiger partial charge < -0.3 is 5.73 Å². The van der Waals surface area contributed by atoms with E-state index in [-0.39, 0.29) is 11.5 Å². The van der Waals surface area contributed by atoms with Crippen molar-refractivity contribution in [2.75, 3.05) is 7.05 Å².